The lowest BCUT2D eigenvalue weighted by molar-refractivity contribution is 0.393. The van der Waals surface area contributed by atoms with Gasteiger partial charge in [0.1, 0.15) is 12.4 Å². The van der Waals surface area contributed by atoms with Gasteiger partial charge in [-0.05, 0) is 18.2 Å². The lowest BCUT2D eigenvalue weighted by Crippen LogP contribution is -2.32. The highest BCUT2D eigenvalue weighted by Gasteiger charge is 2.12. The van der Waals surface area contributed by atoms with E-state index >= 15 is 0 Å². The van der Waals surface area contributed by atoms with Gasteiger partial charge in [-0.15, -0.1) is 0 Å². The SMILES string of the molecule is Oc1cc(NCCF)ccc1N1C=c2cnoc2=CC1. The Hall–Kier alpha value is -2.50. The summed E-state index contributed by atoms with van der Waals surface area (Å²) in [5.74, 6) is 0.137. The number of fused-ring (bicyclic) bond motifs is 1. The molecule has 0 spiro atoms. The Morgan fingerprint density at radius 3 is 3.15 bits per heavy atom. The van der Waals surface area contributed by atoms with Crippen LogP contribution in [0.5, 0.6) is 5.75 Å². The molecule has 0 bridgehead atoms. The van der Waals surface area contributed by atoms with Crippen molar-refractivity contribution in [2.45, 2.75) is 0 Å². The van der Waals surface area contributed by atoms with Gasteiger partial charge in [0.15, 0.2) is 5.42 Å². The van der Waals surface area contributed by atoms with Gasteiger partial charge in [0.25, 0.3) is 0 Å². The smallest absolute Gasteiger partial charge is 0.166 e. The van der Waals surface area contributed by atoms with Gasteiger partial charge in [-0.2, -0.15) is 0 Å². The van der Waals surface area contributed by atoms with E-state index in [-0.39, 0.29) is 12.3 Å². The van der Waals surface area contributed by atoms with E-state index < -0.39 is 6.67 Å². The van der Waals surface area contributed by atoms with Gasteiger partial charge in [-0.3, -0.25) is 0 Å². The summed E-state index contributed by atoms with van der Waals surface area (Å²) in [4.78, 5) is 1.90. The highest BCUT2D eigenvalue weighted by molar-refractivity contribution is 5.71. The van der Waals surface area contributed by atoms with E-state index in [9.17, 15) is 9.50 Å². The van der Waals surface area contributed by atoms with E-state index in [1.165, 1.54) is 0 Å². The van der Waals surface area contributed by atoms with E-state index in [0.717, 1.165) is 10.6 Å². The summed E-state index contributed by atoms with van der Waals surface area (Å²) in [6, 6.07) is 5.18. The first-order valence-corrected chi connectivity index (χ1v) is 6.30. The predicted octanol–water partition coefficient (Wildman–Crippen LogP) is 0.800. The molecule has 0 atom stereocenters. The van der Waals surface area contributed by atoms with E-state index in [4.69, 9.17) is 4.52 Å². The Bertz CT molecular complexity index is 726. The number of alkyl halides is 1. The third-order valence-electron chi connectivity index (χ3n) is 3.10. The van der Waals surface area contributed by atoms with Crippen LogP contribution >= 0.6 is 0 Å². The molecule has 6 heteroatoms. The number of aromatic hydroxyl groups is 1. The zero-order valence-electron chi connectivity index (χ0n) is 10.7. The second-order valence-corrected chi connectivity index (χ2v) is 4.45. The van der Waals surface area contributed by atoms with Gasteiger partial charge in [0.05, 0.1) is 17.1 Å². The van der Waals surface area contributed by atoms with E-state index in [0.29, 0.717) is 17.9 Å². The number of hydrogen-bond donors (Lipinski definition) is 2. The maximum absolute atomic E-state index is 12.1. The van der Waals surface area contributed by atoms with Crippen LogP contribution in [0.2, 0.25) is 0 Å². The summed E-state index contributed by atoms with van der Waals surface area (Å²) in [6.07, 6.45) is 5.40. The Balaban J connectivity index is 1.88. The number of anilines is 2. The quantitative estimate of drug-likeness (QED) is 0.864. The Labute approximate surface area is 114 Å². The van der Waals surface area contributed by atoms with Crippen LogP contribution in [0.15, 0.2) is 28.9 Å². The van der Waals surface area contributed by atoms with Gasteiger partial charge in [-0.1, -0.05) is 5.16 Å². The van der Waals surface area contributed by atoms with Crippen LogP contribution in [0.4, 0.5) is 15.8 Å². The average Bonchev–Trinajstić information content (AvgIpc) is 2.92. The van der Waals surface area contributed by atoms with Crippen LogP contribution in [0.25, 0.3) is 12.3 Å². The summed E-state index contributed by atoms with van der Waals surface area (Å²) in [5.41, 5.74) is 2.11. The lowest BCUT2D eigenvalue weighted by Gasteiger charge is -2.21. The summed E-state index contributed by atoms with van der Waals surface area (Å²) in [7, 11) is 0. The molecule has 0 aliphatic carbocycles. The maximum atomic E-state index is 12.1. The molecule has 104 valence electrons. The van der Waals surface area contributed by atoms with Crippen LogP contribution in [-0.2, 0) is 0 Å². The molecule has 2 N–H and O–H groups in total. The van der Waals surface area contributed by atoms with Crippen molar-refractivity contribution < 1.29 is 14.0 Å². The highest BCUT2D eigenvalue weighted by Crippen LogP contribution is 2.30. The molecule has 20 heavy (non-hydrogen) atoms. The van der Waals surface area contributed by atoms with Crippen molar-refractivity contribution in [1.29, 1.82) is 0 Å². The first kappa shape index (κ1) is 12.5. The molecule has 2 heterocycles. The average molecular weight is 275 g/mol. The highest BCUT2D eigenvalue weighted by atomic mass is 19.1. The fourth-order valence-electron chi connectivity index (χ4n) is 2.15. The molecule has 1 aliphatic rings. The molecule has 5 nitrogen and oxygen atoms in total. The second kappa shape index (κ2) is 5.24. The molecule has 0 saturated heterocycles. The molecule has 0 unspecified atom stereocenters. The number of benzene rings is 1. The molecule has 2 aromatic rings. The molecule has 0 amide bonds. The zero-order chi connectivity index (χ0) is 13.9. The van der Waals surface area contributed by atoms with Gasteiger partial charge in [-0.25, -0.2) is 4.39 Å². The normalized spacial score (nSPS) is 13.3. The number of halogens is 1. The third-order valence-corrected chi connectivity index (χ3v) is 3.10. The Kier molecular flexibility index (Phi) is 3.28. The number of nitrogens with zero attached hydrogens (tertiary/aromatic N) is 2. The number of phenols is 1. The van der Waals surface area contributed by atoms with E-state index in [1.54, 1.807) is 18.3 Å². The molecule has 3 rings (SSSR count). The fourth-order valence-corrected chi connectivity index (χ4v) is 2.15. The summed E-state index contributed by atoms with van der Waals surface area (Å²) >= 11 is 0. The van der Waals surface area contributed by atoms with Crippen molar-refractivity contribution in [3.63, 3.8) is 0 Å². The number of rotatable bonds is 4. The third kappa shape index (κ3) is 2.32. The van der Waals surface area contributed by atoms with E-state index in [2.05, 4.69) is 10.5 Å². The Morgan fingerprint density at radius 2 is 2.35 bits per heavy atom. The van der Waals surface area contributed by atoms with Gasteiger partial charge in [0.2, 0.25) is 0 Å². The van der Waals surface area contributed by atoms with Crippen molar-refractivity contribution >= 4 is 23.7 Å². The molecule has 0 saturated carbocycles. The summed E-state index contributed by atoms with van der Waals surface area (Å²) < 4.78 is 17.2. The topological polar surface area (TPSA) is 61.5 Å². The van der Waals surface area contributed by atoms with Crippen LogP contribution < -0.4 is 20.9 Å². The van der Waals surface area contributed by atoms with Crippen molar-refractivity contribution in [1.82, 2.24) is 5.16 Å². The number of nitrogens with one attached hydrogen (secondary N) is 1. The molecule has 1 aromatic heterocycles. The maximum Gasteiger partial charge on any atom is 0.166 e. The van der Waals surface area contributed by atoms with Crippen molar-refractivity contribution in [2.75, 3.05) is 30.0 Å². The van der Waals surface area contributed by atoms with Crippen molar-refractivity contribution in [3.8, 4) is 5.75 Å². The Morgan fingerprint density at radius 1 is 1.45 bits per heavy atom. The van der Waals surface area contributed by atoms with Crippen molar-refractivity contribution in [2.24, 2.45) is 0 Å². The zero-order valence-corrected chi connectivity index (χ0v) is 10.7. The van der Waals surface area contributed by atoms with Crippen molar-refractivity contribution in [3.05, 3.63) is 35.0 Å². The fraction of sp³-hybridized carbons (Fsp3) is 0.214. The predicted molar refractivity (Wildman–Crippen MR) is 74.6 cm³/mol. The standard InChI is InChI=1S/C14H14FN3O2/c15-4-5-16-11-1-2-12(13(19)7-11)18-6-3-14-10(9-18)8-17-20-14/h1-3,7-9,16,19H,4-6H2. The molecule has 1 aliphatic heterocycles. The monoisotopic (exact) mass is 275 g/mol. The molecular weight excluding hydrogens is 261 g/mol. The molecule has 0 fully saturated rings. The second-order valence-electron chi connectivity index (χ2n) is 4.45. The summed E-state index contributed by atoms with van der Waals surface area (Å²) in [5, 5.41) is 17.6. The first-order valence-electron chi connectivity index (χ1n) is 6.30. The molecular formula is C14H14FN3O2. The van der Waals surface area contributed by atoms with Crippen LogP contribution in [0.1, 0.15) is 0 Å². The van der Waals surface area contributed by atoms with Crippen LogP contribution in [-0.4, -0.2) is 30.0 Å². The number of phenolic OH excluding ortho intramolecular Hbond substituents is 1. The van der Waals surface area contributed by atoms with Gasteiger partial charge >= 0.3 is 0 Å². The first-order chi connectivity index (χ1) is 9.78. The lowest BCUT2D eigenvalue weighted by atomic mass is 10.2. The minimum atomic E-state index is -0.451. The van der Waals surface area contributed by atoms with E-state index in [1.807, 2.05) is 23.2 Å². The largest absolute Gasteiger partial charge is 0.506 e. The van der Waals surface area contributed by atoms with Crippen LogP contribution in [0.3, 0.4) is 0 Å². The van der Waals surface area contributed by atoms with Gasteiger partial charge < -0.3 is 19.8 Å². The molecule has 0 radical (unpaired) electrons. The minimum Gasteiger partial charge on any atom is -0.506 e. The minimum absolute atomic E-state index is 0.137. The van der Waals surface area contributed by atoms with Crippen LogP contribution in [0, 0.1) is 0 Å². The number of hydrogen-bond acceptors (Lipinski definition) is 5. The number of aromatic nitrogens is 1. The molecule has 1 aromatic carbocycles. The van der Waals surface area contributed by atoms with Gasteiger partial charge in [0, 0.05) is 31.0 Å². The summed E-state index contributed by atoms with van der Waals surface area (Å²) in [6.45, 7) is 0.368.